The Hall–Kier alpha value is -5.09. The van der Waals surface area contributed by atoms with Crippen LogP contribution in [0.5, 0.6) is 5.75 Å². The number of unbranched alkanes of at least 4 members (excludes halogenated alkanes) is 2. The van der Waals surface area contributed by atoms with Gasteiger partial charge in [-0.3, -0.25) is 24.6 Å². The number of piperidine rings is 2. The van der Waals surface area contributed by atoms with E-state index in [9.17, 15) is 27.6 Å². The number of nitriles is 1. The summed E-state index contributed by atoms with van der Waals surface area (Å²) in [6.45, 7) is 7.11. The van der Waals surface area contributed by atoms with Gasteiger partial charge in [0.25, 0.3) is 5.91 Å². The largest absolute Gasteiger partial charge is 0.494 e. The van der Waals surface area contributed by atoms with Crippen LogP contribution in [0.25, 0.3) is 0 Å². The van der Waals surface area contributed by atoms with E-state index < -0.39 is 23.7 Å². The number of imide groups is 1. The normalized spacial score (nSPS) is 19.9. The second-order valence-corrected chi connectivity index (χ2v) is 14.6. The third-order valence-corrected chi connectivity index (χ3v) is 11.3. The van der Waals surface area contributed by atoms with Gasteiger partial charge in [-0.25, -0.2) is 0 Å². The molecule has 10 nitrogen and oxygen atoms in total. The van der Waals surface area contributed by atoms with Gasteiger partial charge in [0.05, 0.1) is 23.8 Å². The Morgan fingerprint density at radius 1 is 0.815 bits per heavy atom. The number of rotatable bonds is 11. The Morgan fingerprint density at radius 2 is 1.52 bits per heavy atom. The zero-order valence-corrected chi connectivity index (χ0v) is 30.2. The number of hydrogen-bond acceptors (Lipinski definition) is 8. The maximum Gasteiger partial charge on any atom is 0.417 e. The topological polar surface area (TPSA) is 109 Å². The van der Waals surface area contributed by atoms with Gasteiger partial charge in [-0.1, -0.05) is 12.1 Å². The molecule has 0 bridgehead atoms. The van der Waals surface area contributed by atoms with E-state index in [2.05, 4.69) is 33.3 Å². The molecule has 0 saturated carbocycles. The second kappa shape index (κ2) is 16.1. The van der Waals surface area contributed by atoms with Crippen LogP contribution >= 0.6 is 0 Å². The molecule has 3 fully saturated rings. The standard InChI is InChI=1S/C41H45F3N6O4/c42-41(43,44)36-25-33(7-4-30(36)26-45)48-17-14-29(15-18-48)28-5-9-34(10-6-28)54-23-3-1-2-16-47-19-21-49(22-20-47)32-8-11-35-31(24-32)27-50(40(35)53)37-12-13-38(51)46-39(37)52/h4-11,24-25,29,37H,1-3,12-23,27H2,(H,46,51,52). The van der Waals surface area contributed by atoms with Crippen molar-refractivity contribution in [3.05, 3.63) is 88.5 Å². The molecule has 3 aromatic carbocycles. The first-order chi connectivity index (χ1) is 26.1. The molecular formula is C41H45F3N6O4. The molecule has 1 N–H and O–H groups in total. The molecule has 0 aromatic heterocycles. The van der Waals surface area contributed by atoms with Crippen molar-refractivity contribution >= 4 is 29.1 Å². The number of hydrogen-bond donors (Lipinski definition) is 1. The highest BCUT2D eigenvalue weighted by Crippen LogP contribution is 2.37. The molecule has 4 heterocycles. The maximum atomic E-state index is 13.4. The van der Waals surface area contributed by atoms with E-state index in [1.807, 2.05) is 29.2 Å². The van der Waals surface area contributed by atoms with Crippen LogP contribution in [0, 0.1) is 11.3 Å². The van der Waals surface area contributed by atoms with Gasteiger partial charge < -0.3 is 19.4 Å². The van der Waals surface area contributed by atoms with Crippen molar-refractivity contribution in [3.63, 3.8) is 0 Å². The molecule has 0 aliphatic carbocycles. The minimum absolute atomic E-state index is 0.149. The molecule has 3 aromatic rings. The summed E-state index contributed by atoms with van der Waals surface area (Å²) in [4.78, 5) is 45.4. The molecule has 0 radical (unpaired) electrons. The molecule has 3 amide bonds. The van der Waals surface area contributed by atoms with E-state index in [0.717, 1.165) is 87.9 Å². The first kappa shape index (κ1) is 37.2. The average molecular weight is 743 g/mol. The predicted molar refractivity (Wildman–Crippen MR) is 197 cm³/mol. The minimum Gasteiger partial charge on any atom is -0.494 e. The van der Waals surface area contributed by atoms with E-state index in [1.54, 1.807) is 17.0 Å². The number of anilines is 2. The maximum absolute atomic E-state index is 13.4. The second-order valence-electron chi connectivity index (χ2n) is 14.6. The van der Waals surface area contributed by atoms with Crippen LogP contribution in [0.15, 0.2) is 60.7 Å². The molecule has 7 rings (SSSR count). The molecule has 54 heavy (non-hydrogen) atoms. The van der Waals surface area contributed by atoms with Gasteiger partial charge in [-0.05, 0) is 111 Å². The Labute approximate surface area is 313 Å². The Kier molecular flexibility index (Phi) is 11.1. The summed E-state index contributed by atoms with van der Waals surface area (Å²) in [5, 5.41) is 11.4. The van der Waals surface area contributed by atoms with E-state index in [1.165, 1.54) is 11.6 Å². The predicted octanol–water partition coefficient (Wildman–Crippen LogP) is 6.09. The summed E-state index contributed by atoms with van der Waals surface area (Å²) in [5.41, 5.74) is 3.13. The first-order valence-electron chi connectivity index (χ1n) is 18.9. The molecule has 1 unspecified atom stereocenters. The lowest BCUT2D eigenvalue weighted by molar-refractivity contribution is -0.138. The fourth-order valence-corrected chi connectivity index (χ4v) is 8.16. The Morgan fingerprint density at radius 3 is 2.22 bits per heavy atom. The van der Waals surface area contributed by atoms with Gasteiger partial charge in [0, 0.05) is 69.2 Å². The van der Waals surface area contributed by atoms with Crippen molar-refractivity contribution in [3.8, 4) is 11.8 Å². The fraction of sp³-hybridized carbons (Fsp3) is 0.463. The number of halogens is 3. The van der Waals surface area contributed by atoms with Crippen molar-refractivity contribution in [2.24, 2.45) is 0 Å². The number of benzene rings is 3. The molecule has 4 aliphatic rings. The highest BCUT2D eigenvalue weighted by molar-refractivity contribution is 6.05. The van der Waals surface area contributed by atoms with Crippen LogP contribution in [0.4, 0.5) is 24.5 Å². The van der Waals surface area contributed by atoms with Crippen molar-refractivity contribution in [2.75, 3.05) is 62.2 Å². The molecular weight excluding hydrogens is 697 g/mol. The zero-order valence-electron chi connectivity index (χ0n) is 30.2. The third kappa shape index (κ3) is 8.34. The van der Waals surface area contributed by atoms with E-state index >= 15 is 0 Å². The number of ether oxygens (including phenoxy) is 1. The Bertz CT molecular complexity index is 1900. The van der Waals surface area contributed by atoms with Crippen molar-refractivity contribution in [1.82, 2.24) is 15.1 Å². The summed E-state index contributed by atoms with van der Waals surface area (Å²) in [7, 11) is 0. The number of carbonyl (C=O) groups is 3. The molecule has 13 heteroatoms. The van der Waals surface area contributed by atoms with Crippen LogP contribution in [0.3, 0.4) is 0 Å². The molecule has 4 aliphatic heterocycles. The van der Waals surface area contributed by atoms with Crippen LogP contribution in [-0.2, 0) is 22.3 Å². The monoisotopic (exact) mass is 742 g/mol. The van der Waals surface area contributed by atoms with Gasteiger partial charge in [0.1, 0.15) is 11.8 Å². The quantitative estimate of drug-likeness (QED) is 0.186. The van der Waals surface area contributed by atoms with Gasteiger partial charge >= 0.3 is 6.18 Å². The lowest BCUT2D eigenvalue weighted by Gasteiger charge is -2.36. The van der Waals surface area contributed by atoms with Crippen LogP contribution in [0.1, 0.15) is 83.5 Å². The fourth-order valence-electron chi connectivity index (χ4n) is 8.16. The van der Waals surface area contributed by atoms with E-state index in [-0.39, 0.29) is 23.8 Å². The van der Waals surface area contributed by atoms with Gasteiger partial charge in [-0.2, -0.15) is 18.4 Å². The van der Waals surface area contributed by atoms with Crippen LogP contribution < -0.4 is 19.9 Å². The number of alkyl halides is 3. The van der Waals surface area contributed by atoms with E-state index in [4.69, 9.17) is 10.00 Å². The molecule has 0 spiro atoms. The molecule has 284 valence electrons. The lowest BCUT2D eigenvalue weighted by atomic mass is 9.89. The van der Waals surface area contributed by atoms with E-state index in [0.29, 0.717) is 49.8 Å². The number of nitrogens with zero attached hydrogens (tertiary/aromatic N) is 5. The minimum atomic E-state index is -4.56. The lowest BCUT2D eigenvalue weighted by Crippen LogP contribution is -2.52. The average Bonchev–Trinajstić information content (AvgIpc) is 3.51. The SMILES string of the molecule is N#Cc1ccc(N2CCC(c3ccc(OCCCCCN4CCN(c5ccc6c(c5)CN(C5CCC(=O)NC5=O)C6=O)CC4)cc3)CC2)cc1C(F)(F)F. The van der Waals surface area contributed by atoms with Crippen molar-refractivity contribution < 1.29 is 32.3 Å². The number of piperazine rings is 1. The smallest absolute Gasteiger partial charge is 0.417 e. The Balaban J connectivity index is 0.781. The van der Waals surface area contributed by atoms with Gasteiger partial charge in [0.2, 0.25) is 11.8 Å². The summed E-state index contributed by atoms with van der Waals surface area (Å²) < 4.78 is 46.4. The van der Waals surface area contributed by atoms with Crippen molar-refractivity contribution in [2.45, 2.75) is 69.6 Å². The summed E-state index contributed by atoms with van der Waals surface area (Å²) in [6.07, 6.45) is 0.841. The molecule has 1 atom stereocenters. The molecule has 3 saturated heterocycles. The third-order valence-electron chi connectivity index (χ3n) is 11.3. The highest BCUT2D eigenvalue weighted by Gasteiger charge is 2.39. The first-order valence-corrected chi connectivity index (χ1v) is 18.9. The number of carbonyl (C=O) groups excluding carboxylic acids is 3. The number of amides is 3. The highest BCUT2D eigenvalue weighted by atomic mass is 19.4. The van der Waals surface area contributed by atoms with Gasteiger partial charge in [0.15, 0.2) is 0 Å². The summed E-state index contributed by atoms with van der Waals surface area (Å²) in [5.74, 6) is 0.336. The summed E-state index contributed by atoms with van der Waals surface area (Å²) in [6, 6.07) is 19.1. The van der Waals surface area contributed by atoms with Crippen LogP contribution in [-0.4, -0.2) is 86.0 Å². The summed E-state index contributed by atoms with van der Waals surface area (Å²) >= 11 is 0. The van der Waals surface area contributed by atoms with Gasteiger partial charge in [-0.15, -0.1) is 0 Å². The number of fused-ring (bicyclic) bond motifs is 1. The zero-order chi connectivity index (χ0) is 37.8. The van der Waals surface area contributed by atoms with Crippen molar-refractivity contribution in [1.29, 1.82) is 5.26 Å². The van der Waals surface area contributed by atoms with Crippen LogP contribution in [0.2, 0.25) is 0 Å². The number of nitrogens with one attached hydrogen (secondary N) is 1.